The van der Waals surface area contributed by atoms with Crippen LogP contribution in [0.4, 0.5) is 5.69 Å². The molecule has 0 saturated carbocycles. The summed E-state index contributed by atoms with van der Waals surface area (Å²) in [5, 5.41) is 3.23. The molecule has 0 radical (unpaired) electrons. The van der Waals surface area contributed by atoms with Gasteiger partial charge in [-0.25, -0.2) is 8.42 Å². The minimum absolute atomic E-state index is 0.0312. The Hall–Kier alpha value is -2.71. The Kier molecular flexibility index (Phi) is 5.34. The summed E-state index contributed by atoms with van der Waals surface area (Å²) in [6.07, 6.45) is 1.29. The summed E-state index contributed by atoms with van der Waals surface area (Å²) in [6.45, 7) is 0. The molecule has 3 rings (SSSR count). The number of hydrogen-bond donors (Lipinski definition) is 1. The van der Waals surface area contributed by atoms with Gasteiger partial charge in [0.25, 0.3) is 5.78 Å². The third-order valence-electron chi connectivity index (χ3n) is 3.38. The molecule has 0 amide bonds. The molecule has 0 spiro atoms. The van der Waals surface area contributed by atoms with Crippen LogP contribution in [0.25, 0.3) is 0 Å². The molecule has 3 aromatic rings. The quantitative estimate of drug-likeness (QED) is 0.283. The van der Waals surface area contributed by atoms with E-state index < -0.39 is 20.7 Å². The lowest BCUT2D eigenvalue weighted by Gasteiger charge is -2.07. The number of hydrogen-bond acceptors (Lipinski definition) is 6. The minimum atomic E-state index is -4.14. The maximum atomic E-state index is 12.9. The van der Waals surface area contributed by atoms with Gasteiger partial charge in [-0.2, -0.15) is 5.10 Å². The molecule has 1 aromatic heterocycles. The van der Waals surface area contributed by atoms with E-state index >= 15 is 0 Å². The topological polar surface area (TPSA) is 88.7 Å². The first-order chi connectivity index (χ1) is 12.5. The highest BCUT2D eigenvalue weighted by Crippen LogP contribution is 2.18. The zero-order chi connectivity index (χ0) is 18.6. The third-order valence-corrected chi connectivity index (χ3v) is 5.59. The summed E-state index contributed by atoms with van der Waals surface area (Å²) in [7, 11) is -4.14. The van der Waals surface area contributed by atoms with Crippen molar-refractivity contribution in [3.63, 3.8) is 0 Å². The summed E-state index contributed by atoms with van der Waals surface area (Å²) >= 11 is 3.31. The lowest BCUT2D eigenvalue weighted by molar-refractivity contribution is 0.104. The van der Waals surface area contributed by atoms with Gasteiger partial charge in [-0.05, 0) is 48.5 Å². The third kappa shape index (κ3) is 3.92. The van der Waals surface area contributed by atoms with E-state index in [2.05, 4.69) is 26.5 Å². The number of benzene rings is 2. The molecule has 6 nitrogen and oxygen atoms in total. The van der Waals surface area contributed by atoms with Crippen molar-refractivity contribution in [2.24, 2.45) is 5.10 Å². The van der Waals surface area contributed by atoms with E-state index in [-0.39, 0.29) is 10.7 Å². The lowest BCUT2D eigenvalue weighted by Crippen LogP contribution is -2.26. The Morgan fingerprint density at radius 1 is 0.962 bits per heavy atom. The molecule has 0 saturated heterocycles. The van der Waals surface area contributed by atoms with Gasteiger partial charge in [0, 0.05) is 4.47 Å². The Balaban J connectivity index is 2.03. The molecular formula is C18H13BrN2O4S. The van der Waals surface area contributed by atoms with E-state index in [0.717, 1.165) is 4.47 Å². The average Bonchev–Trinajstić information content (AvgIpc) is 3.18. The van der Waals surface area contributed by atoms with E-state index in [0.29, 0.717) is 5.69 Å². The highest BCUT2D eigenvalue weighted by molar-refractivity contribution is 9.10. The van der Waals surface area contributed by atoms with Gasteiger partial charge in [0.1, 0.15) is 0 Å². The number of carbonyl (C=O) groups is 1. The van der Waals surface area contributed by atoms with Crippen molar-refractivity contribution in [3.05, 3.63) is 83.2 Å². The first kappa shape index (κ1) is 18.1. The van der Waals surface area contributed by atoms with Gasteiger partial charge in [0.2, 0.25) is 14.9 Å². The largest absolute Gasteiger partial charge is 0.461 e. The van der Waals surface area contributed by atoms with Crippen LogP contribution in [0.2, 0.25) is 0 Å². The Bertz CT molecular complexity index is 1030. The van der Waals surface area contributed by atoms with E-state index in [9.17, 15) is 13.2 Å². The Morgan fingerprint density at radius 2 is 1.65 bits per heavy atom. The van der Waals surface area contributed by atoms with Gasteiger partial charge >= 0.3 is 0 Å². The average molecular weight is 433 g/mol. The van der Waals surface area contributed by atoms with Crippen LogP contribution in [0, 0.1) is 0 Å². The molecule has 0 fully saturated rings. The fraction of sp³-hybridized carbons (Fsp3) is 0. The number of nitrogens with one attached hydrogen (secondary N) is 1. The first-order valence-corrected chi connectivity index (χ1v) is 9.74. The number of hydrazone groups is 1. The SMILES string of the molecule is O=C(/C(=N\Nc1ccc(Br)cc1)S(=O)(=O)c1ccccc1)c1ccco1. The van der Waals surface area contributed by atoms with E-state index in [1.54, 1.807) is 42.5 Å². The molecule has 0 aliphatic heterocycles. The predicted octanol–water partition coefficient (Wildman–Crippen LogP) is 4.12. The molecule has 8 heteroatoms. The van der Waals surface area contributed by atoms with Gasteiger partial charge < -0.3 is 4.42 Å². The van der Waals surface area contributed by atoms with Gasteiger partial charge in [0.05, 0.1) is 16.8 Å². The van der Waals surface area contributed by atoms with Crippen LogP contribution in [0.3, 0.4) is 0 Å². The Labute approximate surface area is 158 Å². The summed E-state index contributed by atoms with van der Waals surface area (Å²) in [5.41, 5.74) is 3.15. The summed E-state index contributed by atoms with van der Waals surface area (Å²) in [5.74, 6) is -0.940. The van der Waals surface area contributed by atoms with Crippen LogP contribution in [0.15, 0.2) is 91.9 Å². The number of rotatable bonds is 5. The molecule has 1 N–H and O–H groups in total. The Morgan fingerprint density at radius 3 is 2.27 bits per heavy atom. The molecule has 0 atom stereocenters. The molecule has 132 valence electrons. The summed E-state index contributed by atoms with van der Waals surface area (Å²) in [4.78, 5) is 12.6. The number of furan rings is 1. The number of nitrogens with zero attached hydrogens (tertiary/aromatic N) is 1. The van der Waals surface area contributed by atoms with E-state index in [4.69, 9.17) is 4.42 Å². The second-order valence-electron chi connectivity index (χ2n) is 5.16. The van der Waals surface area contributed by atoms with Crippen molar-refractivity contribution < 1.29 is 17.6 Å². The lowest BCUT2D eigenvalue weighted by atomic mass is 10.3. The highest BCUT2D eigenvalue weighted by Gasteiger charge is 2.31. The van der Waals surface area contributed by atoms with E-state index in [1.807, 2.05) is 0 Å². The minimum Gasteiger partial charge on any atom is -0.461 e. The summed E-state index contributed by atoms with van der Waals surface area (Å²) < 4.78 is 31.7. The smallest absolute Gasteiger partial charge is 0.260 e. The van der Waals surface area contributed by atoms with Crippen LogP contribution in [0.5, 0.6) is 0 Å². The second-order valence-corrected chi connectivity index (χ2v) is 7.94. The summed E-state index contributed by atoms with van der Waals surface area (Å²) in [6, 6.07) is 17.4. The number of ketones is 1. The zero-order valence-electron chi connectivity index (χ0n) is 13.3. The predicted molar refractivity (Wildman–Crippen MR) is 102 cm³/mol. The van der Waals surface area contributed by atoms with Crippen LogP contribution >= 0.6 is 15.9 Å². The molecule has 0 unspecified atom stereocenters. The normalized spacial score (nSPS) is 12.0. The van der Waals surface area contributed by atoms with Crippen molar-refractivity contribution in [3.8, 4) is 0 Å². The van der Waals surface area contributed by atoms with Gasteiger partial charge in [-0.3, -0.25) is 10.2 Å². The first-order valence-electron chi connectivity index (χ1n) is 7.46. The van der Waals surface area contributed by atoms with Crippen LogP contribution in [-0.4, -0.2) is 19.2 Å². The highest BCUT2D eigenvalue weighted by atomic mass is 79.9. The number of sulfone groups is 1. The molecule has 1 heterocycles. The van der Waals surface area contributed by atoms with Gasteiger partial charge in [0.15, 0.2) is 5.76 Å². The van der Waals surface area contributed by atoms with Crippen molar-refractivity contribution >= 4 is 42.3 Å². The molecule has 0 aliphatic carbocycles. The number of halogens is 1. The van der Waals surface area contributed by atoms with Crippen molar-refractivity contribution in [2.75, 3.05) is 5.43 Å². The fourth-order valence-electron chi connectivity index (χ4n) is 2.10. The van der Waals surface area contributed by atoms with Crippen LogP contribution in [0.1, 0.15) is 10.6 Å². The van der Waals surface area contributed by atoms with E-state index in [1.165, 1.54) is 30.5 Å². The number of anilines is 1. The second kappa shape index (κ2) is 7.67. The van der Waals surface area contributed by atoms with Crippen molar-refractivity contribution in [1.29, 1.82) is 0 Å². The van der Waals surface area contributed by atoms with Crippen molar-refractivity contribution in [1.82, 2.24) is 0 Å². The van der Waals surface area contributed by atoms with Crippen LogP contribution < -0.4 is 5.43 Å². The molecule has 0 bridgehead atoms. The monoisotopic (exact) mass is 432 g/mol. The van der Waals surface area contributed by atoms with Crippen molar-refractivity contribution in [2.45, 2.75) is 4.90 Å². The molecular weight excluding hydrogens is 420 g/mol. The van der Waals surface area contributed by atoms with Crippen LogP contribution in [-0.2, 0) is 9.84 Å². The molecule has 2 aromatic carbocycles. The molecule has 26 heavy (non-hydrogen) atoms. The maximum Gasteiger partial charge on any atom is 0.260 e. The zero-order valence-corrected chi connectivity index (χ0v) is 15.7. The van der Waals surface area contributed by atoms with Gasteiger partial charge in [-0.15, -0.1) is 0 Å². The number of carbonyl (C=O) groups excluding carboxylic acids is 1. The standard InChI is InChI=1S/C18H13BrN2O4S/c19-13-8-10-14(11-9-13)20-21-18(17(22)16-7-4-12-25-16)26(23,24)15-5-2-1-3-6-15/h1-12,20H/b21-18+. The molecule has 0 aliphatic rings. The van der Waals surface area contributed by atoms with Gasteiger partial charge in [-0.1, -0.05) is 34.1 Å². The maximum absolute atomic E-state index is 12.9. The number of Topliss-reactive ketones (excluding diaryl/α,β-unsaturated/α-hetero) is 1. The fourth-order valence-corrected chi connectivity index (χ4v) is 3.61.